The van der Waals surface area contributed by atoms with E-state index in [1.807, 2.05) is 36.0 Å². The predicted octanol–water partition coefficient (Wildman–Crippen LogP) is 3.13. The molecule has 0 unspecified atom stereocenters. The van der Waals surface area contributed by atoms with Crippen molar-refractivity contribution in [3.63, 3.8) is 0 Å². The molecule has 2 heterocycles. The Kier molecular flexibility index (Phi) is 3.63. The highest BCUT2D eigenvalue weighted by Crippen LogP contribution is 2.28. The van der Waals surface area contributed by atoms with Crippen LogP contribution < -0.4 is 0 Å². The molecule has 0 atom stereocenters. The maximum absolute atomic E-state index is 12.3. The molecule has 0 aliphatic heterocycles. The van der Waals surface area contributed by atoms with Crippen molar-refractivity contribution in [1.29, 1.82) is 0 Å². The summed E-state index contributed by atoms with van der Waals surface area (Å²) in [5, 5.41) is 4.56. The fourth-order valence-corrected chi connectivity index (χ4v) is 2.87. The highest BCUT2D eigenvalue weighted by molar-refractivity contribution is 5.96. The van der Waals surface area contributed by atoms with Crippen LogP contribution in [0.1, 0.15) is 53.5 Å². The second-order valence-electron chi connectivity index (χ2n) is 5.49. The van der Waals surface area contributed by atoms with Crippen molar-refractivity contribution in [3.8, 4) is 0 Å². The summed E-state index contributed by atoms with van der Waals surface area (Å²) >= 11 is 0. The number of nitrogens with zero attached hydrogens (tertiary/aromatic N) is 3. The van der Waals surface area contributed by atoms with Crippen LogP contribution in [0.3, 0.4) is 0 Å². The summed E-state index contributed by atoms with van der Waals surface area (Å²) in [7, 11) is 0. The third-order valence-electron chi connectivity index (χ3n) is 3.98. The van der Waals surface area contributed by atoms with Crippen molar-refractivity contribution in [2.75, 3.05) is 0 Å². The average Bonchev–Trinajstić information content (AvgIpc) is 3.09. The minimum Gasteiger partial charge on any atom is -0.292 e. The Bertz CT molecular complexity index is 612. The first-order valence-corrected chi connectivity index (χ1v) is 7.23. The number of rotatable bonds is 4. The second-order valence-corrected chi connectivity index (χ2v) is 5.49. The maximum atomic E-state index is 12.3. The molecule has 2 aromatic rings. The number of aromatic nitrogens is 3. The second kappa shape index (κ2) is 5.57. The number of ketones is 1. The lowest BCUT2D eigenvalue weighted by atomic mass is 10.1. The molecular formula is C16H19N3O. The molecule has 1 saturated carbocycles. The van der Waals surface area contributed by atoms with Gasteiger partial charge in [-0.05, 0) is 37.5 Å². The van der Waals surface area contributed by atoms with Crippen molar-refractivity contribution >= 4 is 5.78 Å². The maximum Gasteiger partial charge on any atom is 0.187 e. The van der Waals surface area contributed by atoms with Gasteiger partial charge in [-0.25, -0.2) is 0 Å². The van der Waals surface area contributed by atoms with E-state index in [1.165, 1.54) is 25.7 Å². The van der Waals surface area contributed by atoms with Crippen LogP contribution in [0.15, 0.2) is 30.6 Å². The largest absolute Gasteiger partial charge is 0.292 e. The first kappa shape index (κ1) is 13.0. The normalized spacial score (nSPS) is 15.7. The zero-order valence-electron chi connectivity index (χ0n) is 11.7. The molecule has 0 aromatic carbocycles. The Hall–Kier alpha value is -1.97. The van der Waals surface area contributed by atoms with Gasteiger partial charge in [-0.2, -0.15) is 5.10 Å². The van der Waals surface area contributed by atoms with Gasteiger partial charge in [-0.15, -0.1) is 0 Å². The third-order valence-corrected chi connectivity index (χ3v) is 3.98. The Morgan fingerprint density at radius 3 is 2.90 bits per heavy atom. The van der Waals surface area contributed by atoms with E-state index >= 15 is 0 Å². The van der Waals surface area contributed by atoms with Gasteiger partial charge in [0, 0.05) is 12.4 Å². The van der Waals surface area contributed by atoms with E-state index in [4.69, 9.17) is 0 Å². The van der Waals surface area contributed by atoms with Gasteiger partial charge in [0.2, 0.25) is 0 Å². The van der Waals surface area contributed by atoms with E-state index in [0.29, 0.717) is 18.2 Å². The molecule has 0 radical (unpaired) electrons. The summed E-state index contributed by atoms with van der Waals surface area (Å²) in [4.78, 5) is 16.4. The van der Waals surface area contributed by atoms with Crippen molar-refractivity contribution < 1.29 is 4.79 Å². The summed E-state index contributed by atoms with van der Waals surface area (Å²) in [6.45, 7) is 1.91. The molecule has 0 amide bonds. The molecule has 1 aliphatic rings. The van der Waals surface area contributed by atoms with Gasteiger partial charge in [0.25, 0.3) is 0 Å². The lowest BCUT2D eigenvalue weighted by Gasteiger charge is -2.08. The highest BCUT2D eigenvalue weighted by atomic mass is 16.1. The summed E-state index contributed by atoms with van der Waals surface area (Å²) in [5.41, 5.74) is 2.32. The van der Waals surface area contributed by atoms with Crippen LogP contribution in [0.4, 0.5) is 0 Å². The number of hydrogen-bond donors (Lipinski definition) is 0. The summed E-state index contributed by atoms with van der Waals surface area (Å²) in [5.74, 6) is 0.0415. The molecule has 4 heteroatoms. The van der Waals surface area contributed by atoms with Crippen LogP contribution in [0.25, 0.3) is 0 Å². The van der Waals surface area contributed by atoms with Gasteiger partial charge in [-0.3, -0.25) is 14.5 Å². The van der Waals surface area contributed by atoms with Crippen LogP contribution in [0.5, 0.6) is 0 Å². The molecule has 0 N–H and O–H groups in total. The van der Waals surface area contributed by atoms with E-state index in [1.54, 1.807) is 6.20 Å². The number of aryl methyl sites for hydroxylation is 1. The van der Waals surface area contributed by atoms with Gasteiger partial charge in [0.15, 0.2) is 5.78 Å². The molecule has 0 bridgehead atoms. The molecule has 1 aliphatic carbocycles. The first-order valence-electron chi connectivity index (χ1n) is 7.23. The van der Waals surface area contributed by atoms with Crippen LogP contribution in [0, 0.1) is 6.92 Å². The van der Waals surface area contributed by atoms with Crippen molar-refractivity contribution in [1.82, 2.24) is 14.8 Å². The quantitative estimate of drug-likeness (QED) is 0.801. The molecule has 3 rings (SSSR count). The monoisotopic (exact) mass is 269 g/mol. The van der Waals surface area contributed by atoms with Gasteiger partial charge in [0.1, 0.15) is 5.69 Å². The fourth-order valence-electron chi connectivity index (χ4n) is 2.87. The van der Waals surface area contributed by atoms with E-state index in [-0.39, 0.29) is 5.78 Å². The summed E-state index contributed by atoms with van der Waals surface area (Å²) in [6, 6.07) is 6.24. The van der Waals surface area contributed by atoms with E-state index in [9.17, 15) is 4.79 Å². The Morgan fingerprint density at radius 1 is 1.35 bits per heavy atom. The van der Waals surface area contributed by atoms with Gasteiger partial charge < -0.3 is 0 Å². The lowest BCUT2D eigenvalue weighted by Crippen LogP contribution is -2.10. The van der Waals surface area contributed by atoms with Crippen LogP contribution in [0.2, 0.25) is 0 Å². The van der Waals surface area contributed by atoms with E-state index in [2.05, 4.69) is 10.1 Å². The zero-order valence-corrected chi connectivity index (χ0v) is 11.7. The predicted molar refractivity (Wildman–Crippen MR) is 76.7 cm³/mol. The van der Waals surface area contributed by atoms with Gasteiger partial charge >= 0.3 is 0 Å². The molecule has 20 heavy (non-hydrogen) atoms. The molecule has 4 nitrogen and oxygen atoms in total. The topological polar surface area (TPSA) is 47.8 Å². The number of hydrogen-bond acceptors (Lipinski definition) is 3. The first-order chi connectivity index (χ1) is 9.74. The van der Waals surface area contributed by atoms with E-state index < -0.39 is 0 Å². The van der Waals surface area contributed by atoms with Crippen molar-refractivity contribution in [2.24, 2.45) is 0 Å². The van der Waals surface area contributed by atoms with Crippen LogP contribution in [-0.4, -0.2) is 20.5 Å². The molecule has 0 saturated heterocycles. The fraction of sp³-hybridized carbons (Fsp3) is 0.438. The third kappa shape index (κ3) is 2.64. The van der Waals surface area contributed by atoms with Gasteiger partial charge in [0.05, 0.1) is 18.2 Å². The minimum atomic E-state index is 0.0415. The Morgan fingerprint density at radius 2 is 2.15 bits per heavy atom. The smallest absolute Gasteiger partial charge is 0.187 e. The summed E-state index contributed by atoms with van der Waals surface area (Å²) < 4.78 is 2.03. The Balaban J connectivity index is 1.72. The number of Topliss-reactive ketones (excluding diaryl/α,β-unsaturated/α-hetero) is 1. The molecule has 1 fully saturated rings. The van der Waals surface area contributed by atoms with Crippen molar-refractivity contribution in [3.05, 3.63) is 47.5 Å². The summed E-state index contributed by atoms with van der Waals surface area (Å²) in [6.07, 6.45) is 8.97. The van der Waals surface area contributed by atoms with E-state index in [0.717, 1.165) is 11.3 Å². The molecule has 2 aromatic heterocycles. The van der Waals surface area contributed by atoms with Crippen molar-refractivity contribution in [2.45, 2.75) is 45.1 Å². The Labute approximate surface area is 118 Å². The standard InChI is InChI=1S/C16H19N3O/c1-12-5-4-9-17-16(12)15(20)11-13-8-10-19(18-13)14-6-2-3-7-14/h4-5,8-10,14H,2-3,6-7,11H2,1H3. The van der Waals surface area contributed by atoms with Crippen LogP contribution in [-0.2, 0) is 6.42 Å². The number of carbonyl (C=O) groups is 1. The zero-order chi connectivity index (χ0) is 13.9. The minimum absolute atomic E-state index is 0.0415. The molecular weight excluding hydrogens is 250 g/mol. The van der Waals surface area contributed by atoms with Gasteiger partial charge in [-0.1, -0.05) is 18.9 Å². The van der Waals surface area contributed by atoms with Crippen LogP contribution >= 0.6 is 0 Å². The average molecular weight is 269 g/mol. The lowest BCUT2D eigenvalue weighted by molar-refractivity contribution is 0.0986. The molecule has 0 spiro atoms. The number of carbonyl (C=O) groups excluding carboxylic acids is 1. The number of pyridine rings is 1. The SMILES string of the molecule is Cc1cccnc1C(=O)Cc1ccn(C2CCCC2)n1. The highest BCUT2D eigenvalue weighted by Gasteiger charge is 2.18. The molecule has 104 valence electrons.